The molecule has 2 heterocycles. The molecule has 0 radical (unpaired) electrons. The van der Waals surface area contributed by atoms with E-state index in [0.29, 0.717) is 37.1 Å². The van der Waals surface area contributed by atoms with Crippen LogP contribution in [0.3, 0.4) is 0 Å². The highest BCUT2D eigenvalue weighted by atomic mass is 32.1. The second kappa shape index (κ2) is 8.71. The lowest BCUT2D eigenvalue weighted by molar-refractivity contribution is -0.121. The third-order valence-corrected chi connectivity index (χ3v) is 5.88. The molecular weight excluding hydrogens is 408 g/mol. The van der Waals surface area contributed by atoms with Crippen molar-refractivity contribution in [3.63, 3.8) is 0 Å². The first-order chi connectivity index (χ1) is 14.5. The number of nitrogens with zero attached hydrogens (tertiary/aromatic N) is 2. The van der Waals surface area contributed by atoms with Crippen molar-refractivity contribution in [2.24, 2.45) is 5.92 Å². The van der Waals surface area contributed by atoms with Crippen LogP contribution in [-0.2, 0) is 4.79 Å². The van der Waals surface area contributed by atoms with E-state index in [1.165, 1.54) is 16.2 Å². The van der Waals surface area contributed by atoms with Crippen LogP contribution in [0.15, 0.2) is 53.9 Å². The quantitative estimate of drug-likeness (QED) is 0.663. The molecule has 1 saturated heterocycles. The first kappa shape index (κ1) is 20.2. The molecule has 0 saturated carbocycles. The summed E-state index contributed by atoms with van der Waals surface area (Å²) in [6, 6.07) is 12.6. The summed E-state index contributed by atoms with van der Waals surface area (Å²) in [6.45, 7) is 0.668. The molecule has 154 valence electrons. The standard InChI is InChI=1S/C22H19F2N3O2S/c23-16-6-7-17(18(24)12-16)21(29)27-10-8-15(9-11-27)20(28)26-22-25-19(13-30-22)14-4-2-1-3-5-14/h1-7,12-13,15H,8-11H2,(H,25,26,28). The van der Waals surface area contributed by atoms with Crippen LogP contribution in [0.5, 0.6) is 0 Å². The summed E-state index contributed by atoms with van der Waals surface area (Å²) in [5.41, 5.74) is 1.63. The number of piperidine rings is 1. The highest BCUT2D eigenvalue weighted by Gasteiger charge is 2.29. The van der Waals surface area contributed by atoms with Crippen molar-refractivity contribution in [1.29, 1.82) is 0 Å². The number of hydrogen-bond donors (Lipinski definition) is 1. The molecular formula is C22H19F2N3O2S. The maximum Gasteiger partial charge on any atom is 0.256 e. The van der Waals surface area contributed by atoms with Gasteiger partial charge >= 0.3 is 0 Å². The number of amides is 2. The van der Waals surface area contributed by atoms with Crippen LogP contribution in [0, 0.1) is 17.6 Å². The smallest absolute Gasteiger partial charge is 0.256 e. The van der Waals surface area contributed by atoms with Gasteiger partial charge in [-0.3, -0.25) is 9.59 Å². The van der Waals surface area contributed by atoms with Crippen molar-refractivity contribution in [2.75, 3.05) is 18.4 Å². The molecule has 1 fully saturated rings. The van der Waals surface area contributed by atoms with Gasteiger partial charge in [-0.1, -0.05) is 30.3 Å². The van der Waals surface area contributed by atoms with E-state index in [1.807, 2.05) is 35.7 Å². The maximum absolute atomic E-state index is 13.9. The number of carbonyl (C=O) groups is 2. The van der Waals surface area contributed by atoms with Gasteiger partial charge in [0.1, 0.15) is 11.6 Å². The van der Waals surface area contributed by atoms with E-state index in [9.17, 15) is 18.4 Å². The fourth-order valence-corrected chi connectivity index (χ4v) is 4.18. The molecule has 0 unspecified atom stereocenters. The number of rotatable bonds is 4. The van der Waals surface area contributed by atoms with Crippen LogP contribution in [0.4, 0.5) is 13.9 Å². The second-order valence-electron chi connectivity index (χ2n) is 7.08. The van der Waals surface area contributed by atoms with Crippen LogP contribution in [0.2, 0.25) is 0 Å². The van der Waals surface area contributed by atoms with Crippen LogP contribution >= 0.6 is 11.3 Å². The van der Waals surface area contributed by atoms with Crippen LogP contribution < -0.4 is 5.32 Å². The van der Waals surface area contributed by atoms with Crippen molar-refractivity contribution in [2.45, 2.75) is 12.8 Å². The van der Waals surface area contributed by atoms with E-state index in [2.05, 4.69) is 10.3 Å². The number of anilines is 1. The molecule has 30 heavy (non-hydrogen) atoms. The number of nitrogens with one attached hydrogen (secondary N) is 1. The van der Waals surface area contributed by atoms with Gasteiger partial charge in [0.15, 0.2) is 5.13 Å². The molecule has 2 amide bonds. The Morgan fingerprint density at radius 1 is 1.07 bits per heavy atom. The van der Waals surface area contributed by atoms with E-state index >= 15 is 0 Å². The summed E-state index contributed by atoms with van der Waals surface area (Å²) in [6.07, 6.45) is 0.939. The molecule has 0 spiro atoms. The molecule has 0 atom stereocenters. The highest BCUT2D eigenvalue weighted by molar-refractivity contribution is 7.14. The van der Waals surface area contributed by atoms with Crippen molar-refractivity contribution >= 4 is 28.3 Å². The third kappa shape index (κ3) is 4.38. The third-order valence-electron chi connectivity index (χ3n) is 5.12. The predicted octanol–water partition coefficient (Wildman–Crippen LogP) is 4.58. The molecule has 1 aliphatic rings. The summed E-state index contributed by atoms with van der Waals surface area (Å²) >= 11 is 1.36. The van der Waals surface area contributed by atoms with Gasteiger partial charge in [-0.05, 0) is 25.0 Å². The van der Waals surface area contributed by atoms with Gasteiger partial charge in [-0.2, -0.15) is 0 Å². The Hall–Kier alpha value is -3.13. The predicted molar refractivity (Wildman–Crippen MR) is 111 cm³/mol. The summed E-state index contributed by atoms with van der Waals surface area (Å²) in [7, 11) is 0. The number of thiazole rings is 1. The molecule has 8 heteroatoms. The van der Waals surface area contributed by atoms with Crippen molar-refractivity contribution in [3.05, 3.63) is 71.1 Å². The zero-order valence-corrected chi connectivity index (χ0v) is 16.8. The average Bonchev–Trinajstić information content (AvgIpc) is 3.22. The summed E-state index contributed by atoms with van der Waals surface area (Å²) in [5, 5.41) is 5.28. The summed E-state index contributed by atoms with van der Waals surface area (Å²) < 4.78 is 26.9. The highest BCUT2D eigenvalue weighted by Crippen LogP contribution is 2.26. The lowest BCUT2D eigenvalue weighted by Crippen LogP contribution is -2.41. The largest absolute Gasteiger partial charge is 0.339 e. The SMILES string of the molecule is O=C(Nc1nc(-c2ccccc2)cs1)C1CCN(C(=O)c2ccc(F)cc2F)CC1. The minimum absolute atomic E-state index is 0.135. The molecule has 1 aromatic heterocycles. The van der Waals surface area contributed by atoms with Crippen LogP contribution in [-0.4, -0.2) is 34.8 Å². The lowest BCUT2D eigenvalue weighted by atomic mass is 9.95. The van der Waals surface area contributed by atoms with Crippen LogP contribution in [0.1, 0.15) is 23.2 Å². The fourth-order valence-electron chi connectivity index (χ4n) is 3.46. The van der Waals surface area contributed by atoms with Crippen LogP contribution in [0.25, 0.3) is 11.3 Å². The summed E-state index contributed by atoms with van der Waals surface area (Å²) in [4.78, 5) is 31.1. The molecule has 2 aromatic carbocycles. The minimum Gasteiger partial charge on any atom is -0.339 e. The van der Waals surface area contributed by atoms with Gasteiger partial charge in [0.2, 0.25) is 5.91 Å². The Labute approximate surface area is 176 Å². The minimum atomic E-state index is -0.877. The Kier molecular flexibility index (Phi) is 5.85. The Balaban J connectivity index is 1.33. The zero-order chi connectivity index (χ0) is 21.1. The van der Waals surface area contributed by atoms with Gasteiger partial charge < -0.3 is 10.2 Å². The number of likely N-dealkylation sites (tertiary alicyclic amines) is 1. The van der Waals surface area contributed by atoms with Gasteiger partial charge in [0.05, 0.1) is 11.3 Å². The number of aromatic nitrogens is 1. The van der Waals surface area contributed by atoms with Gasteiger partial charge in [-0.25, -0.2) is 13.8 Å². The first-order valence-corrected chi connectivity index (χ1v) is 10.5. The van der Waals surface area contributed by atoms with E-state index in [4.69, 9.17) is 0 Å². The molecule has 4 rings (SSSR count). The molecule has 0 aliphatic carbocycles. The monoisotopic (exact) mass is 427 g/mol. The molecule has 5 nitrogen and oxygen atoms in total. The average molecular weight is 427 g/mol. The maximum atomic E-state index is 13.9. The fraction of sp³-hybridized carbons (Fsp3) is 0.227. The Morgan fingerprint density at radius 3 is 2.50 bits per heavy atom. The van der Waals surface area contributed by atoms with E-state index < -0.39 is 17.5 Å². The number of benzene rings is 2. The molecule has 1 aliphatic heterocycles. The van der Waals surface area contributed by atoms with Gasteiger partial charge in [0, 0.05) is 36.0 Å². The molecule has 3 aromatic rings. The van der Waals surface area contributed by atoms with Crippen molar-refractivity contribution in [3.8, 4) is 11.3 Å². The summed E-state index contributed by atoms with van der Waals surface area (Å²) in [5.74, 6) is -2.48. The van der Waals surface area contributed by atoms with Crippen molar-refractivity contribution < 1.29 is 18.4 Å². The topological polar surface area (TPSA) is 62.3 Å². The first-order valence-electron chi connectivity index (χ1n) is 9.57. The van der Waals surface area contributed by atoms with E-state index in [-0.39, 0.29) is 17.4 Å². The number of carbonyl (C=O) groups excluding carboxylic acids is 2. The Morgan fingerprint density at radius 2 is 1.80 bits per heavy atom. The van der Waals surface area contributed by atoms with E-state index in [1.54, 1.807) is 0 Å². The Bertz CT molecular complexity index is 1060. The zero-order valence-electron chi connectivity index (χ0n) is 16.0. The van der Waals surface area contributed by atoms with Gasteiger partial charge in [-0.15, -0.1) is 11.3 Å². The lowest BCUT2D eigenvalue weighted by Gasteiger charge is -2.31. The number of hydrogen-bond acceptors (Lipinski definition) is 4. The second-order valence-corrected chi connectivity index (χ2v) is 7.94. The normalized spacial score (nSPS) is 14.5. The van der Waals surface area contributed by atoms with Gasteiger partial charge in [0.25, 0.3) is 5.91 Å². The molecule has 1 N–H and O–H groups in total. The van der Waals surface area contributed by atoms with E-state index in [0.717, 1.165) is 23.4 Å². The molecule has 0 bridgehead atoms. The van der Waals surface area contributed by atoms with Crippen molar-refractivity contribution in [1.82, 2.24) is 9.88 Å². The number of halogens is 2.